The summed E-state index contributed by atoms with van der Waals surface area (Å²) in [5.41, 5.74) is 2.85. The van der Waals surface area contributed by atoms with E-state index in [0.29, 0.717) is 37.2 Å². The zero-order chi connectivity index (χ0) is 24.0. The molecule has 174 valence electrons. The van der Waals surface area contributed by atoms with E-state index in [0.717, 1.165) is 16.6 Å². The minimum absolute atomic E-state index is 0.0512. The van der Waals surface area contributed by atoms with Gasteiger partial charge in [-0.1, -0.05) is 26.8 Å². The topological polar surface area (TPSA) is 104 Å². The van der Waals surface area contributed by atoms with Crippen LogP contribution in [0.2, 0.25) is 0 Å². The number of amides is 2. The van der Waals surface area contributed by atoms with Gasteiger partial charge in [0.05, 0.1) is 5.41 Å². The van der Waals surface area contributed by atoms with Crippen LogP contribution in [0.15, 0.2) is 42.5 Å². The Morgan fingerprint density at radius 2 is 1.76 bits per heavy atom. The largest absolute Gasteiger partial charge is 0.504 e. The van der Waals surface area contributed by atoms with E-state index in [-0.39, 0.29) is 28.7 Å². The molecule has 0 saturated heterocycles. The molecule has 33 heavy (non-hydrogen) atoms. The van der Waals surface area contributed by atoms with Gasteiger partial charge < -0.3 is 25.4 Å². The number of anilines is 1. The molecule has 1 fully saturated rings. The molecule has 0 unspecified atom stereocenters. The Kier molecular flexibility index (Phi) is 5.60. The molecule has 0 aliphatic heterocycles. The van der Waals surface area contributed by atoms with Crippen LogP contribution < -0.4 is 10.6 Å². The van der Waals surface area contributed by atoms with Gasteiger partial charge in [-0.25, -0.2) is 0 Å². The van der Waals surface area contributed by atoms with Crippen LogP contribution in [0.5, 0.6) is 11.5 Å². The predicted molar refractivity (Wildman–Crippen MR) is 129 cm³/mol. The third-order valence-electron chi connectivity index (χ3n) is 6.35. The summed E-state index contributed by atoms with van der Waals surface area (Å²) in [6, 6.07) is 12.6. The Morgan fingerprint density at radius 3 is 2.36 bits per heavy atom. The summed E-state index contributed by atoms with van der Waals surface area (Å²) < 4.78 is 2.22. The minimum atomic E-state index is -0.680. The van der Waals surface area contributed by atoms with Gasteiger partial charge in [-0.15, -0.1) is 0 Å². The number of phenolic OH excluding ortho intramolecular Hbond substituents is 2. The van der Waals surface area contributed by atoms with Crippen LogP contribution in [0.3, 0.4) is 0 Å². The monoisotopic (exact) mass is 449 g/mol. The number of hydrogen-bond acceptors (Lipinski definition) is 4. The van der Waals surface area contributed by atoms with E-state index in [1.165, 1.54) is 19.1 Å². The van der Waals surface area contributed by atoms with Crippen molar-refractivity contribution in [1.29, 1.82) is 0 Å². The second kappa shape index (κ2) is 8.14. The third kappa shape index (κ3) is 4.40. The maximum atomic E-state index is 13.2. The first-order valence-electron chi connectivity index (χ1n) is 11.2. The average molecular weight is 450 g/mol. The molecule has 2 aromatic carbocycles. The summed E-state index contributed by atoms with van der Waals surface area (Å²) in [5.74, 6) is -0.584. The molecule has 1 aliphatic carbocycles. The molecule has 0 bridgehead atoms. The van der Waals surface area contributed by atoms with Crippen LogP contribution in [0.4, 0.5) is 5.69 Å². The van der Waals surface area contributed by atoms with Crippen molar-refractivity contribution in [3.05, 3.63) is 53.7 Å². The van der Waals surface area contributed by atoms with E-state index in [1.54, 1.807) is 6.07 Å². The molecule has 0 spiro atoms. The summed E-state index contributed by atoms with van der Waals surface area (Å²) in [5, 5.41) is 26.4. The molecular formula is C26H31N3O4. The summed E-state index contributed by atoms with van der Waals surface area (Å²) in [6.45, 7) is 9.19. The highest BCUT2D eigenvalue weighted by Crippen LogP contribution is 2.50. The van der Waals surface area contributed by atoms with Gasteiger partial charge in [-0.2, -0.15) is 0 Å². The molecule has 1 aromatic heterocycles. The Morgan fingerprint density at radius 1 is 1.03 bits per heavy atom. The van der Waals surface area contributed by atoms with E-state index < -0.39 is 5.41 Å². The Hall–Kier alpha value is -3.48. The predicted octanol–water partition coefficient (Wildman–Crippen LogP) is 4.16. The number of phenols is 2. The van der Waals surface area contributed by atoms with Crippen LogP contribution in [0.1, 0.15) is 51.8 Å². The number of nitrogens with one attached hydrogen (secondary N) is 2. The van der Waals surface area contributed by atoms with Crippen LogP contribution >= 0.6 is 0 Å². The SMILES string of the molecule is CC(=O)NCCn1c(C(C)(C)C)cc2cc(NC(=O)C3(c4ccc(O)c(O)c4)CC3)ccc21. The molecule has 1 saturated carbocycles. The van der Waals surface area contributed by atoms with Gasteiger partial charge in [0.1, 0.15) is 0 Å². The van der Waals surface area contributed by atoms with Gasteiger partial charge in [-0.05, 0) is 54.8 Å². The highest BCUT2D eigenvalue weighted by Gasteiger charge is 2.51. The highest BCUT2D eigenvalue weighted by molar-refractivity contribution is 6.02. The van der Waals surface area contributed by atoms with Crippen LogP contribution in [0, 0.1) is 0 Å². The fraction of sp³-hybridized carbons (Fsp3) is 0.385. The number of aromatic nitrogens is 1. The van der Waals surface area contributed by atoms with Crippen LogP contribution in [-0.4, -0.2) is 33.1 Å². The third-order valence-corrected chi connectivity index (χ3v) is 6.35. The molecule has 2 amide bonds. The van der Waals surface area contributed by atoms with Crippen molar-refractivity contribution < 1.29 is 19.8 Å². The van der Waals surface area contributed by atoms with E-state index in [2.05, 4.69) is 42.0 Å². The lowest BCUT2D eigenvalue weighted by Crippen LogP contribution is -2.27. The number of benzene rings is 2. The quantitative estimate of drug-likeness (QED) is 0.424. The van der Waals surface area contributed by atoms with Gasteiger partial charge >= 0.3 is 0 Å². The van der Waals surface area contributed by atoms with Crippen molar-refractivity contribution in [3.8, 4) is 11.5 Å². The molecule has 4 rings (SSSR count). The number of rotatable bonds is 6. The molecule has 1 heterocycles. The van der Waals surface area contributed by atoms with Crippen molar-refractivity contribution in [1.82, 2.24) is 9.88 Å². The smallest absolute Gasteiger partial charge is 0.235 e. The van der Waals surface area contributed by atoms with Crippen LogP contribution in [-0.2, 0) is 27.0 Å². The van der Waals surface area contributed by atoms with Crippen molar-refractivity contribution >= 4 is 28.4 Å². The molecule has 0 atom stereocenters. The zero-order valence-electron chi connectivity index (χ0n) is 19.5. The molecule has 7 nitrogen and oxygen atoms in total. The summed E-state index contributed by atoms with van der Waals surface area (Å²) in [6.07, 6.45) is 1.39. The minimum Gasteiger partial charge on any atom is -0.504 e. The number of hydrogen-bond donors (Lipinski definition) is 4. The first-order valence-corrected chi connectivity index (χ1v) is 11.2. The van der Waals surface area contributed by atoms with E-state index in [4.69, 9.17) is 0 Å². The Bertz CT molecular complexity index is 1230. The maximum Gasteiger partial charge on any atom is 0.235 e. The number of fused-ring (bicyclic) bond motifs is 1. The van der Waals surface area contributed by atoms with Gasteiger partial charge in [0.2, 0.25) is 11.8 Å². The van der Waals surface area contributed by atoms with Gasteiger partial charge in [0.15, 0.2) is 11.5 Å². The van der Waals surface area contributed by atoms with Gasteiger partial charge in [0, 0.05) is 47.7 Å². The first kappa shape index (κ1) is 22.7. The highest BCUT2D eigenvalue weighted by atomic mass is 16.3. The first-order chi connectivity index (χ1) is 15.5. The van der Waals surface area contributed by atoms with E-state index in [1.807, 2.05) is 18.2 Å². The zero-order valence-corrected chi connectivity index (χ0v) is 19.5. The Balaban J connectivity index is 1.61. The number of nitrogens with zero attached hydrogens (tertiary/aromatic N) is 1. The summed E-state index contributed by atoms with van der Waals surface area (Å²) >= 11 is 0. The molecule has 1 aliphatic rings. The van der Waals surface area contributed by atoms with Gasteiger partial charge in [0.25, 0.3) is 0 Å². The van der Waals surface area contributed by atoms with Crippen LogP contribution in [0.25, 0.3) is 10.9 Å². The lowest BCUT2D eigenvalue weighted by Gasteiger charge is -2.22. The fourth-order valence-corrected chi connectivity index (χ4v) is 4.40. The summed E-state index contributed by atoms with van der Waals surface area (Å²) in [7, 11) is 0. The molecule has 3 aromatic rings. The lowest BCUT2D eigenvalue weighted by atomic mass is 9.92. The molecule has 7 heteroatoms. The Labute approximate surface area is 193 Å². The second-order valence-corrected chi connectivity index (χ2v) is 9.93. The van der Waals surface area contributed by atoms with Gasteiger partial charge in [-0.3, -0.25) is 9.59 Å². The van der Waals surface area contributed by atoms with Crippen molar-refractivity contribution in [2.75, 3.05) is 11.9 Å². The lowest BCUT2D eigenvalue weighted by molar-refractivity contribution is -0.119. The van der Waals surface area contributed by atoms with Crippen molar-refractivity contribution in [3.63, 3.8) is 0 Å². The molecular weight excluding hydrogens is 418 g/mol. The van der Waals surface area contributed by atoms with Crippen molar-refractivity contribution in [2.24, 2.45) is 0 Å². The maximum absolute atomic E-state index is 13.2. The number of carbonyl (C=O) groups excluding carboxylic acids is 2. The fourth-order valence-electron chi connectivity index (χ4n) is 4.40. The van der Waals surface area contributed by atoms with E-state index >= 15 is 0 Å². The molecule has 4 N–H and O–H groups in total. The number of carbonyl (C=O) groups is 2. The normalized spacial score (nSPS) is 14.8. The second-order valence-electron chi connectivity index (χ2n) is 9.93. The van der Waals surface area contributed by atoms with Crippen molar-refractivity contribution in [2.45, 2.75) is 57.9 Å². The number of aromatic hydroxyl groups is 2. The average Bonchev–Trinajstić information content (AvgIpc) is 3.46. The standard InChI is InChI=1S/C26H31N3O4/c1-16(30)27-11-12-29-20-7-6-19(13-17(20)14-23(29)25(2,3)4)28-24(33)26(9-10-26)18-5-8-21(31)22(32)15-18/h5-8,13-15,31-32H,9-12H2,1-4H3,(H,27,30)(H,28,33). The molecule has 0 radical (unpaired) electrons. The summed E-state index contributed by atoms with van der Waals surface area (Å²) in [4.78, 5) is 24.5. The van der Waals surface area contributed by atoms with E-state index in [9.17, 15) is 19.8 Å².